The summed E-state index contributed by atoms with van der Waals surface area (Å²) in [5.41, 5.74) is 1.15. The Morgan fingerprint density at radius 3 is 2.79 bits per heavy atom. The van der Waals surface area contributed by atoms with E-state index in [-0.39, 0.29) is 12.6 Å². The molecule has 2 aromatic carbocycles. The Hall–Kier alpha value is -2.67. The van der Waals surface area contributed by atoms with Crippen molar-refractivity contribution >= 4 is 16.6 Å². The lowest BCUT2D eigenvalue weighted by atomic mass is 10.0. The van der Waals surface area contributed by atoms with Crippen LogP contribution < -0.4 is 9.64 Å². The average Bonchev–Trinajstić information content (AvgIpc) is 2.77. The predicted molar refractivity (Wildman–Crippen MR) is 114 cm³/mol. The van der Waals surface area contributed by atoms with Gasteiger partial charge in [0.05, 0.1) is 6.04 Å². The molecule has 2 heterocycles. The van der Waals surface area contributed by atoms with Gasteiger partial charge in [0.25, 0.3) is 0 Å². The molecule has 0 saturated carbocycles. The third-order valence-corrected chi connectivity index (χ3v) is 5.49. The van der Waals surface area contributed by atoms with E-state index in [4.69, 9.17) is 19.9 Å². The number of rotatable bonds is 6. The summed E-state index contributed by atoms with van der Waals surface area (Å²) in [6, 6.07) is 18.5. The molecule has 0 bridgehead atoms. The van der Waals surface area contributed by atoms with Crippen LogP contribution in [0.2, 0.25) is 0 Å². The van der Waals surface area contributed by atoms with Crippen LogP contribution in [0, 0.1) is 0 Å². The highest BCUT2D eigenvalue weighted by Gasteiger charge is 2.29. The van der Waals surface area contributed by atoms with Crippen molar-refractivity contribution in [3.05, 3.63) is 66.4 Å². The minimum absolute atomic E-state index is 0.141. The second-order valence-electron chi connectivity index (χ2n) is 7.31. The molecule has 0 radical (unpaired) electrons. The maximum Gasteiger partial charge on any atom is 0.186 e. The van der Waals surface area contributed by atoms with E-state index < -0.39 is 6.29 Å². The molecule has 1 atom stereocenters. The average molecular weight is 393 g/mol. The molecular weight excluding hydrogens is 366 g/mol. The monoisotopic (exact) mass is 393 g/mol. The number of pyridine rings is 1. The fourth-order valence-corrected chi connectivity index (χ4v) is 4.05. The fourth-order valence-electron chi connectivity index (χ4n) is 4.05. The zero-order chi connectivity index (χ0) is 20.2. The van der Waals surface area contributed by atoms with E-state index in [1.165, 1.54) is 10.8 Å². The van der Waals surface area contributed by atoms with E-state index in [0.29, 0.717) is 5.75 Å². The molecule has 2 N–H and O–H groups in total. The Kier molecular flexibility index (Phi) is 5.94. The first-order valence-electron chi connectivity index (χ1n) is 10.1. The van der Waals surface area contributed by atoms with Crippen LogP contribution in [0.15, 0.2) is 60.8 Å². The number of aliphatic hydroxyl groups is 2. The minimum Gasteiger partial charge on any atom is -0.488 e. The zero-order valence-corrected chi connectivity index (χ0v) is 16.6. The third kappa shape index (κ3) is 4.34. The number of benzene rings is 2. The first kappa shape index (κ1) is 19.6. The van der Waals surface area contributed by atoms with Crippen LogP contribution in [0.4, 0.5) is 5.82 Å². The highest BCUT2D eigenvalue weighted by atomic mass is 16.5. The second kappa shape index (κ2) is 8.78. The van der Waals surface area contributed by atoms with E-state index in [2.05, 4.69) is 53.1 Å². The van der Waals surface area contributed by atoms with Gasteiger partial charge in [-0.1, -0.05) is 43.3 Å². The molecule has 1 aliphatic rings. The van der Waals surface area contributed by atoms with Crippen LogP contribution in [-0.2, 0) is 0 Å². The molecule has 152 valence electrons. The molecule has 1 fully saturated rings. The first-order chi connectivity index (χ1) is 14.2. The molecule has 4 rings (SSSR count). The van der Waals surface area contributed by atoms with E-state index >= 15 is 0 Å². The molecule has 3 aromatic rings. The summed E-state index contributed by atoms with van der Waals surface area (Å²) in [6.45, 7) is 5.71. The second-order valence-corrected chi connectivity index (χ2v) is 7.31. The summed E-state index contributed by atoms with van der Waals surface area (Å²) in [5, 5.41) is 20.5. The number of hydrogen-bond acceptors (Lipinski definition) is 6. The van der Waals surface area contributed by atoms with Gasteiger partial charge in [0.1, 0.15) is 18.2 Å². The molecule has 0 amide bonds. The number of aromatic nitrogens is 1. The Morgan fingerprint density at radius 1 is 1.10 bits per heavy atom. The summed E-state index contributed by atoms with van der Waals surface area (Å²) in [5.74, 6) is 1.67. The van der Waals surface area contributed by atoms with Crippen LogP contribution >= 0.6 is 0 Å². The molecule has 1 saturated heterocycles. The summed E-state index contributed by atoms with van der Waals surface area (Å²) in [4.78, 5) is 9.53. The number of hydrogen-bond donors (Lipinski definition) is 2. The summed E-state index contributed by atoms with van der Waals surface area (Å²) < 4.78 is 5.49. The van der Waals surface area contributed by atoms with Gasteiger partial charge in [-0.2, -0.15) is 0 Å². The molecule has 0 aliphatic carbocycles. The van der Waals surface area contributed by atoms with Crippen LogP contribution in [-0.4, -0.2) is 59.2 Å². The normalized spacial score (nSPS) is 17.8. The zero-order valence-electron chi connectivity index (χ0n) is 16.6. The van der Waals surface area contributed by atoms with Crippen molar-refractivity contribution in [2.24, 2.45) is 0 Å². The summed E-state index contributed by atoms with van der Waals surface area (Å²) in [6.07, 6.45) is 0.404. The largest absolute Gasteiger partial charge is 0.488 e. The molecule has 29 heavy (non-hydrogen) atoms. The molecule has 6 heteroatoms. The quantitative estimate of drug-likeness (QED) is 0.628. The number of ether oxygens (including phenoxy) is 1. The van der Waals surface area contributed by atoms with Crippen molar-refractivity contribution in [3.63, 3.8) is 0 Å². The van der Waals surface area contributed by atoms with Crippen molar-refractivity contribution in [2.75, 3.05) is 37.7 Å². The molecule has 1 aromatic heterocycles. The van der Waals surface area contributed by atoms with Crippen molar-refractivity contribution in [2.45, 2.75) is 19.3 Å². The van der Waals surface area contributed by atoms with E-state index in [9.17, 15) is 0 Å². The third-order valence-electron chi connectivity index (χ3n) is 5.49. The van der Waals surface area contributed by atoms with Crippen LogP contribution in [0.3, 0.4) is 0 Å². The van der Waals surface area contributed by atoms with Crippen LogP contribution in [0.5, 0.6) is 5.75 Å². The number of piperazine rings is 1. The van der Waals surface area contributed by atoms with Gasteiger partial charge < -0.3 is 19.8 Å². The minimum atomic E-state index is -1.48. The lowest BCUT2D eigenvalue weighted by Crippen LogP contribution is -2.48. The van der Waals surface area contributed by atoms with E-state index in [1.807, 2.05) is 24.4 Å². The Bertz CT molecular complexity index is 958. The van der Waals surface area contributed by atoms with Gasteiger partial charge in [-0.15, -0.1) is 0 Å². The van der Waals surface area contributed by atoms with Crippen molar-refractivity contribution < 1.29 is 14.9 Å². The maximum absolute atomic E-state index is 9.07. The van der Waals surface area contributed by atoms with Gasteiger partial charge >= 0.3 is 0 Å². The SMILES string of the molecule is CCN1CCN(c2nccc3ccccc23)CC1c1cccc(OCC(O)O)c1. The van der Waals surface area contributed by atoms with Gasteiger partial charge in [-0.25, -0.2) is 4.98 Å². The number of nitrogens with zero attached hydrogens (tertiary/aromatic N) is 3. The van der Waals surface area contributed by atoms with Crippen molar-refractivity contribution in [3.8, 4) is 5.75 Å². The van der Waals surface area contributed by atoms with Crippen molar-refractivity contribution in [1.82, 2.24) is 9.88 Å². The molecule has 1 aliphatic heterocycles. The number of aliphatic hydroxyl groups excluding tert-OH is 1. The number of fused-ring (bicyclic) bond motifs is 1. The van der Waals surface area contributed by atoms with Crippen LogP contribution in [0.25, 0.3) is 10.8 Å². The Morgan fingerprint density at radius 2 is 1.97 bits per heavy atom. The molecule has 0 spiro atoms. The maximum atomic E-state index is 9.07. The predicted octanol–water partition coefficient (Wildman–Crippen LogP) is 2.81. The Labute approximate surface area is 171 Å². The van der Waals surface area contributed by atoms with Gasteiger partial charge in [-0.3, -0.25) is 4.90 Å². The lowest BCUT2D eigenvalue weighted by Gasteiger charge is -2.42. The first-order valence-corrected chi connectivity index (χ1v) is 10.1. The van der Waals surface area contributed by atoms with E-state index in [1.54, 1.807) is 0 Å². The van der Waals surface area contributed by atoms with Crippen LogP contribution in [0.1, 0.15) is 18.5 Å². The van der Waals surface area contributed by atoms with Gasteiger partial charge in [0, 0.05) is 31.2 Å². The summed E-state index contributed by atoms with van der Waals surface area (Å²) >= 11 is 0. The molecule has 6 nitrogen and oxygen atoms in total. The van der Waals surface area contributed by atoms with Gasteiger partial charge in [0.15, 0.2) is 6.29 Å². The highest BCUT2D eigenvalue weighted by Crippen LogP contribution is 2.32. The van der Waals surface area contributed by atoms with Gasteiger partial charge in [-0.05, 0) is 35.7 Å². The highest BCUT2D eigenvalue weighted by molar-refractivity contribution is 5.92. The smallest absolute Gasteiger partial charge is 0.186 e. The van der Waals surface area contributed by atoms with Gasteiger partial charge in [0.2, 0.25) is 0 Å². The standard InChI is InChI=1S/C23H27N3O3/c1-2-25-12-13-26(23-20-9-4-3-6-17(20)10-11-24-23)15-21(25)18-7-5-8-19(14-18)29-16-22(27)28/h3-11,14,21-22,27-28H,2,12-13,15-16H2,1H3. The summed E-state index contributed by atoms with van der Waals surface area (Å²) in [7, 11) is 0. The number of likely N-dealkylation sites (N-methyl/N-ethyl adjacent to an activating group) is 1. The Balaban J connectivity index is 1.62. The number of anilines is 1. The molecular formula is C23H27N3O3. The lowest BCUT2D eigenvalue weighted by molar-refractivity contribution is -0.0680. The van der Waals surface area contributed by atoms with Crippen molar-refractivity contribution in [1.29, 1.82) is 0 Å². The fraction of sp³-hybridized carbons (Fsp3) is 0.348. The topological polar surface area (TPSA) is 69.1 Å². The molecule has 1 unspecified atom stereocenters. The van der Waals surface area contributed by atoms with E-state index in [0.717, 1.165) is 37.6 Å².